The third-order valence-corrected chi connectivity index (χ3v) is 5.92. The molecule has 2 heterocycles. The summed E-state index contributed by atoms with van der Waals surface area (Å²) >= 11 is 3.43. The van der Waals surface area contributed by atoms with E-state index in [1.807, 2.05) is 55.5 Å². The van der Waals surface area contributed by atoms with Crippen molar-refractivity contribution in [2.24, 2.45) is 5.73 Å². The second kappa shape index (κ2) is 8.32. The second-order valence-electron chi connectivity index (χ2n) is 7.28. The van der Waals surface area contributed by atoms with Crippen molar-refractivity contribution in [3.63, 3.8) is 0 Å². The molecule has 4 rings (SSSR count). The third kappa shape index (κ3) is 3.82. The molecular formula is C24H20BrN3O3. The fourth-order valence-electron chi connectivity index (χ4n) is 3.78. The number of nitriles is 1. The van der Waals surface area contributed by atoms with E-state index in [2.05, 4.69) is 22.0 Å². The molecule has 31 heavy (non-hydrogen) atoms. The number of nitrogens with two attached hydrogens (primary N) is 1. The maximum atomic E-state index is 13.7. The topological polar surface area (TPSA) is 90.3 Å². The predicted molar refractivity (Wildman–Crippen MR) is 121 cm³/mol. The molecule has 0 spiro atoms. The number of pyridine rings is 1. The zero-order chi connectivity index (χ0) is 22.1. The summed E-state index contributed by atoms with van der Waals surface area (Å²) in [5.74, 6) is 0.561. The lowest BCUT2D eigenvalue weighted by molar-refractivity contribution is 0.389. The summed E-state index contributed by atoms with van der Waals surface area (Å²) in [6.07, 6.45) is 0. The first-order valence-corrected chi connectivity index (χ1v) is 10.4. The Morgan fingerprint density at radius 3 is 2.48 bits per heavy atom. The third-order valence-electron chi connectivity index (χ3n) is 5.39. The van der Waals surface area contributed by atoms with Crippen LogP contribution in [-0.4, -0.2) is 11.7 Å². The number of halogens is 1. The summed E-state index contributed by atoms with van der Waals surface area (Å²) < 4.78 is 13.5. The number of nitrogens with zero attached hydrogens (tertiary/aromatic N) is 2. The van der Waals surface area contributed by atoms with E-state index in [0.717, 1.165) is 27.0 Å². The molecular weight excluding hydrogens is 458 g/mol. The second-order valence-corrected chi connectivity index (χ2v) is 8.20. The zero-order valence-electron chi connectivity index (χ0n) is 17.1. The largest absolute Gasteiger partial charge is 0.497 e. The van der Waals surface area contributed by atoms with Gasteiger partial charge in [0, 0.05) is 16.2 Å². The zero-order valence-corrected chi connectivity index (χ0v) is 18.6. The average molecular weight is 478 g/mol. The van der Waals surface area contributed by atoms with Gasteiger partial charge in [-0.15, -0.1) is 0 Å². The van der Waals surface area contributed by atoms with E-state index < -0.39 is 5.92 Å². The van der Waals surface area contributed by atoms with Crippen LogP contribution in [0.3, 0.4) is 0 Å². The van der Waals surface area contributed by atoms with Crippen LogP contribution in [0.5, 0.6) is 11.5 Å². The lowest BCUT2D eigenvalue weighted by atomic mass is 9.84. The first-order chi connectivity index (χ1) is 14.9. The SMILES string of the molecule is COc1ccc(Cn2c(C)cc3c(c2=O)[C@H](c2ccc(Br)cc2)C(C#N)=C(N)O3)cc1. The van der Waals surface area contributed by atoms with E-state index in [0.29, 0.717) is 17.9 Å². The van der Waals surface area contributed by atoms with Crippen LogP contribution in [0, 0.1) is 18.3 Å². The molecule has 0 bridgehead atoms. The molecule has 0 saturated carbocycles. The van der Waals surface area contributed by atoms with Crippen molar-refractivity contribution in [1.29, 1.82) is 5.26 Å². The highest BCUT2D eigenvalue weighted by molar-refractivity contribution is 9.10. The molecule has 0 saturated heterocycles. The lowest BCUT2D eigenvalue weighted by Crippen LogP contribution is -2.33. The number of benzene rings is 2. The van der Waals surface area contributed by atoms with Gasteiger partial charge in [0.2, 0.25) is 5.88 Å². The Bertz CT molecular complexity index is 1270. The predicted octanol–water partition coefficient (Wildman–Crippen LogP) is 4.19. The Hall–Kier alpha value is -3.50. The number of aryl methyl sites for hydroxylation is 1. The quantitative estimate of drug-likeness (QED) is 0.607. The summed E-state index contributed by atoms with van der Waals surface area (Å²) in [6.45, 7) is 2.24. The van der Waals surface area contributed by atoms with Crippen LogP contribution in [-0.2, 0) is 6.54 Å². The molecule has 1 aliphatic heterocycles. The molecule has 0 unspecified atom stereocenters. The van der Waals surface area contributed by atoms with Crippen LogP contribution in [0.25, 0.3) is 0 Å². The smallest absolute Gasteiger partial charge is 0.259 e. The fraction of sp³-hybridized carbons (Fsp3) is 0.167. The first-order valence-electron chi connectivity index (χ1n) is 9.63. The maximum Gasteiger partial charge on any atom is 0.259 e. The van der Waals surface area contributed by atoms with E-state index in [4.69, 9.17) is 15.2 Å². The summed E-state index contributed by atoms with van der Waals surface area (Å²) in [5, 5.41) is 9.77. The molecule has 0 amide bonds. The molecule has 156 valence electrons. The van der Waals surface area contributed by atoms with E-state index in [1.165, 1.54) is 0 Å². The number of allylic oxidation sites excluding steroid dienone is 1. The molecule has 2 aromatic carbocycles. The highest BCUT2D eigenvalue weighted by Crippen LogP contribution is 2.40. The molecule has 0 radical (unpaired) electrons. The van der Waals surface area contributed by atoms with Crippen molar-refractivity contribution in [3.8, 4) is 17.6 Å². The Morgan fingerprint density at radius 1 is 1.19 bits per heavy atom. The number of methoxy groups -OCH3 is 1. The summed E-state index contributed by atoms with van der Waals surface area (Å²) in [4.78, 5) is 13.7. The van der Waals surface area contributed by atoms with Crippen LogP contribution in [0.4, 0.5) is 0 Å². The fourth-order valence-corrected chi connectivity index (χ4v) is 4.05. The first kappa shape index (κ1) is 20.8. The van der Waals surface area contributed by atoms with Crippen molar-refractivity contribution in [2.45, 2.75) is 19.4 Å². The Labute approximate surface area is 188 Å². The molecule has 1 aliphatic rings. The molecule has 3 aromatic rings. The standard InChI is InChI=1S/C24H20BrN3O3/c1-14-11-20-22(24(29)28(14)13-15-3-9-18(30-2)10-4-15)21(19(12-26)23(27)31-20)16-5-7-17(25)8-6-16/h3-11,21H,13,27H2,1-2H3/t21-/m1/s1. The lowest BCUT2D eigenvalue weighted by Gasteiger charge is -2.27. The van der Waals surface area contributed by atoms with Crippen LogP contribution in [0.15, 0.2) is 75.3 Å². The minimum atomic E-state index is -0.600. The van der Waals surface area contributed by atoms with Crippen molar-refractivity contribution < 1.29 is 9.47 Å². The summed E-state index contributed by atoms with van der Waals surface area (Å²) in [5.41, 5.74) is 8.98. The van der Waals surface area contributed by atoms with Gasteiger partial charge >= 0.3 is 0 Å². The average Bonchev–Trinajstić information content (AvgIpc) is 2.77. The van der Waals surface area contributed by atoms with Gasteiger partial charge in [0.25, 0.3) is 5.56 Å². The van der Waals surface area contributed by atoms with Crippen molar-refractivity contribution in [1.82, 2.24) is 4.57 Å². The molecule has 2 N–H and O–H groups in total. The molecule has 1 atom stereocenters. The molecule has 1 aromatic heterocycles. The Morgan fingerprint density at radius 2 is 1.87 bits per heavy atom. The van der Waals surface area contributed by atoms with Gasteiger partial charge in [0.1, 0.15) is 23.1 Å². The van der Waals surface area contributed by atoms with Gasteiger partial charge in [-0.2, -0.15) is 5.26 Å². The molecule has 0 fully saturated rings. The van der Waals surface area contributed by atoms with Gasteiger partial charge < -0.3 is 19.8 Å². The number of rotatable bonds is 4. The van der Waals surface area contributed by atoms with Crippen molar-refractivity contribution >= 4 is 15.9 Å². The van der Waals surface area contributed by atoms with Crippen molar-refractivity contribution in [2.75, 3.05) is 7.11 Å². The minimum Gasteiger partial charge on any atom is -0.497 e. The van der Waals surface area contributed by atoms with Crippen LogP contribution in [0.1, 0.15) is 28.3 Å². The van der Waals surface area contributed by atoms with Crippen LogP contribution < -0.4 is 20.8 Å². The highest BCUT2D eigenvalue weighted by Gasteiger charge is 2.34. The molecule has 0 aliphatic carbocycles. The maximum absolute atomic E-state index is 13.7. The summed E-state index contributed by atoms with van der Waals surface area (Å²) in [7, 11) is 1.61. The van der Waals surface area contributed by atoms with Gasteiger partial charge in [0.05, 0.1) is 25.1 Å². The van der Waals surface area contributed by atoms with Gasteiger partial charge in [-0.1, -0.05) is 40.2 Å². The molecule has 7 heteroatoms. The van der Waals surface area contributed by atoms with Gasteiger partial charge in [-0.05, 0) is 42.3 Å². The van der Waals surface area contributed by atoms with Crippen molar-refractivity contribution in [3.05, 3.63) is 103 Å². The Kier molecular flexibility index (Phi) is 5.57. The van der Waals surface area contributed by atoms with E-state index in [-0.39, 0.29) is 17.0 Å². The number of aromatic nitrogens is 1. The van der Waals surface area contributed by atoms with Crippen LogP contribution in [0.2, 0.25) is 0 Å². The van der Waals surface area contributed by atoms with Gasteiger partial charge in [-0.25, -0.2) is 0 Å². The number of ether oxygens (including phenoxy) is 2. The minimum absolute atomic E-state index is 0.0228. The van der Waals surface area contributed by atoms with Crippen LogP contribution >= 0.6 is 15.9 Å². The van der Waals surface area contributed by atoms with E-state index in [9.17, 15) is 10.1 Å². The van der Waals surface area contributed by atoms with E-state index >= 15 is 0 Å². The normalized spacial score (nSPS) is 15.1. The number of fused-ring (bicyclic) bond motifs is 1. The Balaban J connectivity index is 1.87. The molecule has 6 nitrogen and oxygen atoms in total. The highest BCUT2D eigenvalue weighted by atomic mass is 79.9. The van der Waals surface area contributed by atoms with Gasteiger partial charge in [-0.3, -0.25) is 4.79 Å². The number of hydrogen-bond donors (Lipinski definition) is 1. The summed E-state index contributed by atoms with van der Waals surface area (Å²) in [6, 6.07) is 19.0. The number of hydrogen-bond acceptors (Lipinski definition) is 5. The monoisotopic (exact) mass is 477 g/mol. The van der Waals surface area contributed by atoms with Gasteiger partial charge in [0.15, 0.2) is 0 Å². The van der Waals surface area contributed by atoms with E-state index in [1.54, 1.807) is 17.7 Å².